The summed E-state index contributed by atoms with van der Waals surface area (Å²) in [6, 6.07) is -1.21. The van der Waals surface area contributed by atoms with Gasteiger partial charge in [-0.15, -0.1) is 0 Å². The first-order chi connectivity index (χ1) is 4.54. The Balaban J connectivity index is -0.000000135. The van der Waals surface area contributed by atoms with Crippen LogP contribution in [0.1, 0.15) is 12.8 Å². The van der Waals surface area contributed by atoms with Gasteiger partial charge in [-0.2, -0.15) is 0 Å². The average molecular weight is 190 g/mol. The summed E-state index contributed by atoms with van der Waals surface area (Å²) in [4.78, 5) is 19.6. The van der Waals surface area contributed by atoms with E-state index in [1.165, 1.54) is 0 Å². The maximum Gasteiger partial charge on any atom is 2.00 e. The summed E-state index contributed by atoms with van der Waals surface area (Å²) >= 11 is 0. The van der Waals surface area contributed by atoms with Crippen molar-refractivity contribution in [1.82, 2.24) is 0 Å². The first kappa shape index (κ1) is 22.7. The fraction of sp³-hybridized carbons (Fsp3) is 0.600. The van der Waals surface area contributed by atoms with Crippen LogP contribution in [-0.4, -0.2) is 39.1 Å². The number of aliphatic carboxylic acids is 2. The topological polar surface area (TPSA) is 169 Å². The van der Waals surface area contributed by atoms with Crippen LogP contribution in [0.2, 0.25) is 0 Å². The van der Waals surface area contributed by atoms with Gasteiger partial charge in [0.15, 0.2) is 0 Å². The molecule has 1 atom stereocenters. The maximum atomic E-state index is 9.86. The standard InChI is InChI=1S/C5H9NO4.Be.2H2O/c6-3(5(9)10)1-2-4(7)8;;;/h3H,1-2,6H2,(H,7,8)(H,9,10);;2*1H2/q;+2;;/p-2/t3-;;;/m0.../s1. The number of carbonyl (C=O) groups excluding carboxylic acids is 2. The largest absolute Gasteiger partial charge is 2.00 e. The van der Waals surface area contributed by atoms with Crippen LogP contribution in [-0.2, 0) is 9.59 Å². The SMILES string of the molecule is N[C@@H](CCC(=O)[O-])C(=O)[O-].O.O.[Be+2]. The zero-order valence-electron chi connectivity index (χ0n) is 6.91. The summed E-state index contributed by atoms with van der Waals surface area (Å²) in [6.45, 7) is 0. The Kier molecular flexibility index (Phi) is 19.2. The van der Waals surface area contributed by atoms with Gasteiger partial charge in [0.05, 0.1) is 5.97 Å². The smallest absolute Gasteiger partial charge is 0.550 e. The molecule has 0 fully saturated rings. The van der Waals surface area contributed by atoms with Crippen LogP contribution < -0.4 is 15.9 Å². The van der Waals surface area contributed by atoms with Gasteiger partial charge in [0.25, 0.3) is 0 Å². The van der Waals surface area contributed by atoms with Gasteiger partial charge >= 0.3 is 10.1 Å². The third-order valence-electron chi connectivity index (χ3n) is 0.962. The van der Waals surface area contributed by atoms with Gasteiger partial charge in [0.2, 0.25) is 0 Å². The van der Waals surface area contributed by atoms with Crippen molar-refractivity contribution in [3.8, 4) is 0 Å². The molecule has 0 aromatic carbocycles. The molecule has 0 aromatic rings. The van der Waals surface area contributed by atoms with Gasteiger partial charge < -0.3 is 36.5 Å². The van der Waals surface area contributed by atoms with Crippen LogP contribution in [0.15, 0.2) is 0 Å². The number of carboxylic acid groups (broad SMARTS) is 2. The van der Waals surface area contributed by atoms with E-state index in [4.69, 9.17) is 5.73 Å². The Bertz CT molecular complexity index is 152. The van der Waals surface area contributed by atoms with E-state index in [-0.39, 0.29) is 33.9 Å². The molecule has 0 aliphatic rings. The number of carboxylic acids is 2. The second-order valence-corrected chi connectivity index (χ2v) is 1.84. The van der Waals surface area contributed by atoms with Crippen LogP contribution in [0, 0.1) is 0 Å². The molecule has 8 heteroatoms. The van der Waals surface area contributed by atoms with Gasteiger partial charge in [-0.25, -0.2) is 0 Å². The van der Waals surface area contributed by atoms with Crippen LogP contribution in [0.3, 0.4) is 0 Å². The molecule has 0 aliphatic carbocycles. The fourth-order valence-corrected chi connectivity index (χ4v) is 0.391. The Morgan fingerprint density at radius 1 is 1.23 bits per heavy atom. The van der Waals surface area contributed by atoms with Crippen LogP contribution in [0.4, 0.5) is 0 Å². The third kappa shape index (κ3) is 13.9. The number of hydrogen-bond donors (Lipinski definition) is 1. The van der Waals surface area contributed by atoms with Gasteiger partial charge in [-0.05, 0) is 12.8 Å². The fourth-order valence-electron chi connectivity index (χ4n) is 0.391. The maximum absolute atomic E-state index is 9.86. The summed E-state index contributed by atoms with van der Waals surface area (Å²) in [7, 11) is 0. The van der Waals surface area contributed by atoms with E-state index in [0.29, 0.717) is 0 Å². The van der Waals surface area contributed by atoms with E-state index >= 15 is 0 Å². The number of carbonyl (C=O) groups is 2. The minimum absolute atomic E-state index is 0. The molecule has 0 unspecified atom stereocenters. The number of rotatable bonds is 4. The predicted octanol–water partition coefficient (Wildman–Crippen LogP) is -5.44. The van der Waals surface area contributed by atoms with Gasteiger partial charge in [-0.1, -0.05) is 0 Å². The number of hydrogen-bond acceptors (Lipinski definition) is 5. The molecule has 13 heavy (non-hydrogen) atoms. The summed E-state index contributed by atoms with van der Waals surface area (Å²) < 4.78 is 0. The van der Waals surface area contributed by atoms with Gasteiger partial charge in [0, 0.05) is 12.0 Å². The Labute approximate surface area is 78.4 Å². The second-order valence-electron chi connectivity index (χ2n) is 1.84. The Morgan fingerprint density at radius 3 is 1.85 bits per heavy atom. The van der Waals surface area contributed by atoms with Crippen molar-refractivity contribution < 1.29 is 30.8 Å². The Hall–Kier alpha value is -1.01. The van der Waals surface area contributed by atoms with Crippen molar-refractivity contribution >= 4 is 22.1 Å². The predicted molar refractivity (Wildman–Crippen MR) is 40.2 cm³/mol. The Morgan fingerprint density at radius 2 is 1.62 bits per heavy atom. The molecule has 0 spiro atoms. The van der Waals surface area contributed by atoms with Crippen molar-refractivity contribution in [1.29, 1.82) is 0 Å². The van der Waals surface area contributed by atoms with Crippen molar-refractivity contribution in [3.05, 3.63) is 0 Å². The zero-order valence-corrected chi connectivity index (χ0v) is 6.91. The summed E-state index contributed by atoms with van der Waals surface area (Å²) in [5.74, 6) is -2.75. The van der Waals surface area contributed by atoms with Crippen LogP contribution in [0.25, 0.3) is 0 Å². The van der Waals surface area contributed by atoms with E-state index in [1.807, 2.05) is 0 Å². The monoisotopic (exact) mass is 190 g/mol. The summed E-state index contributed by atoms with van der Waals surface area (Å²) in [6.07, 6.45) is -0.500. The first-order valence-electron chi connectivity index (χ1n) is 2.70. The minimum Gasteiger partial charge on any atom is -0.550 e. The molecule has 74 valence electrons. The molecular formula is C5H11BeNO6. The summed E-state index contributed by atoms with van der Waals surface area (Å²) in [5, 5.41) is 19.6. The normalized spacial score (nSPS) is 9.62. The molecule has 0 rings (SSSR count). The molecule has 0 saturated heterocycles. The zero-order chi connectivity index (χ0) is 8.15. The molecule has 6 N–H and O–H groups in total. The van der Waals surface area contributed by atoms with E-state index in [1.54, 1.807) is 0 Å². The minimum atomic E-state index is -1.44. The molecule has 0 saturated carbocycles. The number of nitrogens with two attached hydrogens (primary N) is 1. The van der Waals surface area contributed by atoms with Crippen molar-refractivity contribution in [3.63, 3.8) is 0 Å². The van der Waals surface area contributed by atoms with E-state index in [2.05, 4.69) is 0 Å². The van der Waals surface area contributed by atoms with Crippen LogP contribution in [0.5, 0.6) is 0 Å². The van der Waals surface area contributed by atoms with E-state index < -0.39 is 18.0 Å². The molecule has 0 radical (unpaired) electrons. The summed E-state index contributed by atoms with van der Waals surface area (Å²) in [5.41, 5.74) is 4.91. The van der Waals surface area contributed by atoms with Gasteiger partial charge in [-0.3, -0.25) is 0 Å². The molecule has 0 aromatic heterocycles. The molecule has 0 heterocycles. The van der Waals surface area contributed by atoms with E-state index in [9.17, 15) is 19.8 Å². The second kappa shape index (κ2) is 11.0. The van der Waals surface area contributed by atoms with Crippen molar-refractivity contribution in [2.24, 2.45) is 5.73 Å². The van der Waals surface area contributed by atoms with E-state index in [0.717, 1.165) is 0 Å². The molecule has 7 nitrogen and oxygen atoms in total. The first-order valence-corrected chi connectivity index (χ1v) is 2.70. The molecule has 0 amide bonds. The van der Waals surface area contributed by atoms with Crippen molar-refractivity contribution in [2.45, 2.75) is 18.9 Å². The molecule has 0 bridgehead atoms. The third-order valence-corrected chi connectivity index (χ3v) is 0.962. The van der Waals surface area contributed by atoms with Crippen molar-refractivity contribution in [2.75, 3.05) is 0 Å². The average Bonchev–Trinajstić information content (AvgIpc) is 1.82. The van der Waals surface area contributed by atoms with Gasteiger partial charge in [0.1, 0.15) is 0 Å². The molecule has 0 aliphatic heterocycles. The van der Waals surface area contributed by atoms with Crippen LogP contribution >= 0.6 is 0 Å². The molecular weight excluding hydrogens is 179 g/mol. The quantitative estimate of drug-likeness (QED) is 0.435.